The summed E-state index contributed by atoms with van der Waals surface area (Å²) in [6.07, 6.45) is 1.98. The number of nitrogens with one attached hydrogen (secondary N) is 1. The van der Waals surface area contributed by atoms with Crippen LogP contribution in [0.15, 0.2) is 18.2 Å². The number of imidazole rings is 1. The largest absolute Gasteiger partial charge is 0.387 e. The number of hydrogen-bond donors (Lipinski definition) is 2. The standard InChI is InChI=1S/C15H21N3O/c1-9(16-12-5-6-12)15(19)11-4-7-14-13(8-11)17-10(2)18(14)3/h4,7-9,12,15-16,19H,5-6H2,1-3H3. The number of aryl methyl sites for hydroxylation is 2. The highest BCUT2D eigenvalue weighted by molar-refractivity contribution is 5.76. The number of aromatic nitrogens is 2. The Hall–Kier alpha value is -1.39. The van der Waals surface area contributed by atoms with Crippen molar-refractivity contribution in [3.8, 4) is 0 Å². The lowest BCUT2D eigenvalue weighted by atomic mass is 10.0. The topological polar surface area (TPSA) is 50.1 Å². The number of rotatable bonds is 4. The van der Waals surface area contributed by atoms with Crippen LogP contribution in [0.5, 0.6) is 0 Å². The van der Waals surface area contributed by atoms with Crippen LogP contribution in [0.25, 0.3) is 11.0 Å². The van der Waals surface area contributed by atoms with Gasteiger partial charge in [-0.2, -0.15) is 0 Å². The fourth-order valence-electron chi connectivity index (χ4n) is 2.52. The van der Waals surface area contributed by atoms with Gasteiger partial charge in [0.1, 0.15) is 5.82 Å². The predicted octanol–water partition coefficient (Wildman–Crippen LogP) is 2.06. The van der Waals surface area contributed by atoms with Crippen LogP contribution in [-0.2, 0) is 7.05 Å². The molecule has 0 amide bonds. The quantitative estimate of drug-likeness (QED) is 0.883. The third kappa shape index (κ3) is 2.38. The first-order chi connectivity index (χ1) is 9.06. The second-order valence-electron chi connectivity index (χ2n) is 5.64. The third-order valence-electron chi connectivity index (χ3n) is 4.02. The predicted molar refractivity (Wildman–Crippen MR) is 76.0 cm³/mol. The van der Waals surface area contributed by atoms with Gasteiger partial charge in [0.25, 0.3) is 0 Å². The van der Waals surface area contributed by atoms with Crippen LogP contribution in [0.3, 0.4) is 0 Å². The molecule has 1 aromatic heterocycles. The summed E-state index contributed by atoms with van der Waals surface area (Å²) in [5.74, 6) is 0.991. The Balaban J connectivity index is 1.87. The van der Waals surface area contributed by atoms with Crippen LogP contribution < -0.4 is 5.32 Å². The first-order valence-electron chi connectivity index (χ1n) is 6.93. The molecular formula is C15H21N3O. The summed E-state index contributed by atoms with van der Waals surface area (Å²) >= 11 is 0. The highest BCUT2D eigenvalue weighted by atomic mass is 16.3. The molecule has 3 rings (SSSR count). The monoisotopic (exact) mass is 259 g/mol. The number of benzene rings is 1. The Morgan fingerprint density at radius 1 is 1.42 bits per heavy atom. The molecule has 4 nitrogen and oxygen atoms in total. The van der Waals surface area contributed by atoms with Crippen LogP contribution in [0.2, 0.25) is 0 Å². The minimum Gasteiger partial charge on any atom is -0.387 e. The molecule has 2 N–H and O–H groups in total. The van der Waals surface area contributed by atoms with Crippen molar-refractivity contribution in [3.63, 3.8) is 0 Å². The summed E-state index contributed by atoms with van der Waals surface area (Å²) < 4.78 is 2.07. The van der Waals surface area contributed by atoms with Crippen molar-refractivity contribution in [2.45, 2.75) is 44.9 Å². The minimum absolute atomic E-state index is 0.0785. The van der Waals surface area contributed by atoms with Crippen molar-refractivity contribution in [1.82, 2.24) is 14.9 Å². The number of fused-ring (bicyclic) bond motifs is 1. The smallest absolute Gasteiger partial charge is 0.106 e. The van der Waals surface area contributed by atoms with E-state index in [0.29, 0.717) is 6.04 Å². The minimum atomic E-state index is -0.479. The molecule has 2 unspecified atom stereocenters. The number of hydrogen-bond acceptors (Lipinski definition) is 3. The average Bonchev–Trinajstić information content (AvgIpc) is 3.15. The lowest BCUT2D eigenvalue weighted by Crippen LogP contribution is -2.33. The molecule has 1 saturated carbocycles. The van der Waals surface area contributed by atoms with Gasteiger partial charge in [0, 0.05) is 19.1 Å². The third-order valence-corrected chi connectivity index (χ3v) is 4.02. The Kier molecular flexibility index (Phi) is 3.07. The molecule has 1 aromatic carbocycles. The summed E-state index contributed by atoms with van der Waals surface area (Å²) in [7, 11) is 2.01. The summed E-state index contributed by atoms with van der Waals surface area (Å²) in [5.41, 5.74) is 3.00. The van der Waals surface area contributed by atoms with Gasteiger partial charge in [0.2, 0.25) is 0 Å². The molecule has 1 aliphatic rings. The maximum atomic E-state index is 10.4. The van der Waals surface area contributed by atoms with Gasteiger partial charge in [-0.3, -0.25) is 0 Å². The first-order valence-corrected chi connectivity index (χ1v) is 6.93. The number of nitrogens with zero attached hydrogens (tertiary/aromatic N) is 2. The van der Waals surface area contributed by atoms with Crippen molar-refractivity contribution in [1.29, 1.82) is 0 Å². The Morgan fingerprint density at radius 3 is 2.84 bits per heavy atom. The maximum Gasteiger partial charge on any atom is 0.106 e. The van der Waals surface area contributed by atoms with Gasteiger partial charge in [-0.05, 0) is 44.4 Å². The maximum absolute atomic E-state index is 10.4. The van der Waals surface area contributed by atoms with Crippen LogP contribution in [0.1, 0.15) is 37.3 Å². The zero-order valence-corrected chi connectivity index (χ0v) is 11.7. The second-order valence-corrected chi connectivity index (χ2v) is 5.64. The van der Waals surface area contributed by atoms with Gasteiger partial charge >= 0.3 is 0 Å². The van der Waals surface area contributed by atoms with Crippen molar-refractivity contribution in [3.05, 3.63) is 29.6 Å². The summed E-state index contributed by atoms with van der Waals surface area (Å²) in [6.45, 7) is 4.03. The highest BCUT2D eigenvalue weighted by Crippen LogP contribution is 2.25. The highest BCUT2D eigenvalue weighted by Gasteiger charge is 2.26. The lowest BCUT2D eigenvalue weighted by Gasteiger charge is -2.20. The Morgan fingerprint density at radius 2 is 2.16 bits per heavy atom. The van der Waals surface area contributed by atoms with Gasteiger partial charge in [-0.1, -0.05) is 6.07 Å². The molecule has 0 bridgehead atoms. The summed E-state index contributed by atoms with van der Waals surface area (Å²) in [6, 6.07) is 6.72. The van der Waals surface area contributed by atoms with E-state index in [1.165, 1.54) is 12.8 Å². The zero-order valence-electron chi connectivity index (χ0n) is 11.7. The SMILES string of the molecule is Cc1nc2cc(C(O)C(C)NC3CC3)ccc2n1C. The van der Waals surface area contributed by atoms with E-state index in [1.54, 1.807) is 0 Å². The van der Waals surface area contributed by atoms with E-state index < -0.39 is 6.10 Å². The molecule has 0 spiro atoms. The van der Waals surface area contributed by atoms with Gasteiger partial charge in [-0.15, -0.1) is 0 Å². The molecule has 102 valence electrons. The van der Waals surface area contributed by atoms with Gasteiger partial charge in [-0.25, -0.2) is 4.98 Å². The fraction of sp³-hybridized carbons (Fsp3) is 0.533. The molecule has 0 radical (unpaired) electrons. The average molecular weight is 259 g/mol. The molecule has 19 heavy (non-hydrogen) atoms. The van der Waals surface area contributed by atoms with Crippen molar-refractivity contribution in [2.75, 3.05) is 0 Å². The normalized spacial score (nSPS) is 18.7. The van der Waals surface area contributed by atoms with Gasteiger partial charge < -0.3 is 15.0 Å². The Bertz CT molecular complexity index is 601. The van der Waals surface area contributed by atoms with E-state index in [4.69, 9.17) is 0 Å². The molecular weight excluding hydrogens is 238 g/mol. The first kappa shape index (κ1) is 12.6. The van der Waals surface area contributed by atoms with Crippen LogP contribution >= 0.6 is 0 Å². The van der Waals surface area contributed by atoms with E-state index in [-0.39, 0.29) is 6.04 Å². The molecule has 1 aliphatic carbocycles. The summed E-state index contributed by atoms with van der Waals surface area (Å²) in [5, 5.41) is 13.8. The van der Waals surface area contributed by atoms with Gasteiger partial charge in [0.15, 0.2) is 0 Å². The van der Waals surface area contributed by atoms with Gasteiger partial charge in [0.05, 0.1) is 17.1 Å². The zero-order chi connectivity index (χ0) is 13.6. The molecule has 1 heterocycles. The molecule has 2 aromatic rings. The van der Waals surface area contributed by atoms with E-state index >= 15 is 0 Å². The molecule has 1 fully saturated rings. The lowest BCUT2D eigenvalue weighted by molar-refractivity contribution is 0.135. The van der Waals surface area contributed by atoms with Crippen molar-refractivity contribution >= 4 is 11.0 Å². The van der Waals surface area contributed by atoms with Crippen LogP contribution in [0.4, 0.5) is 0 Å². The van der Waals surface area contributed by atoms with E-state index in [2.05, 4.69) is 14.9 Å². The number of aliphatic hydroxyl groups is 1. The Labute approximate surface area is 113 Å². The second kappa shape index (κ2) is 4.62. The molecule has 0 saturated heterocycles. The fourth-order valence-corrected chi connectivity index (χ4v) is 2.52. The van der Waals surface area contributed by atoms with Crippen molar-refractivity contribution in [2.24, 2.45) is 7.05 Å². The van der Waals surface area contributed by atoms with Crippen molar-refractivity contribution < 1.29 is 5.11 Å². The molecule has 2 atom stereocenters. The summed E-state index contributed by atoms with van der Waals surface area (Å²) in [4.78, 5) is 4.52. The van der Waals surface area contributed by atoms with Crippen LogP contribution in [0, 0.1) is 6.92 Å². The molecule has 0 aliphatic heterocycles. The molecule has 4 heteroatoms. The van der Waals surface area contributed by atoms with E-state index in [1.807, 2.05) is 39.1 Å². The number of aliphatic hydroxyl groups excluding tert-OH is 1. The van der Waals surface area contributed by atoms with Crippen LogP contribution in [-0.4, -0.2) is 26.7 Å². The van der Waals surface area contributed by atoms with E-state index in [9.17, 15) is 5.11 Å². The van der Waals surface area contributed by atoms with E-state index in [0.717, 1.165) is 22.4 Å².